The third kappa shape index (κ3) is 5.74. The van der Waals surface area contributed by atoms with Crippen molar-refractivity contribution in [1.29, 1.82) is 0 Å². The standard InChI is InChI=1S/C26H31F3N6/c1-4-31-24(18-10-6-5-9-17(18)2)33-23-15-21(22-16-30-13-14-35(22)3)32-25(34-23)19-11-7-8-12-20(19)26(27,28)29/h5-12,15,22,25,30,32H,4,13-14,16H2,1-3H3,(H,31,33,34). The lowest BCUT2D eigenvalue weighted by atomic mass is 10.0. The Morgan fingerprint density at radius 2 is 1.91 bits per heavy atom. The maximum absolute atomic E-state index is 13.8. The highest BCUT2D eigenvalue weighted by atomic mass is 19.4. The molecule has 4 rings (SSSR count). The van der Waals surface area contributed by atoms with Crippen molar-refractivity contribution in [3.8, 4) is 0 Å². The second-order valence-electron chi connectivity index (χ2n) is 8.71. The summed E-state index contributed by atoms with van der Waals surface area (Å²) in [7, 11) is 2.02. The first-order valence-electron chi connectivity index (χ1n) is 11.8. The number of nitrogens with zero attached hydrogens (tertiary/aromatic N) is 3. The highest BCUT2D eigenvalue weighted by Crippen LogP contribution is 2.36. The topological polar surface area (TPSA) is 64.0 Å². The van der Waals surface area contributed by atoms with Gasteiger partial charge >= 0.3 is 6.18 Å². The quantitative estimate of drug-likeness (QED) is 0.456. The number of hydrogen-bond donors (Lipinski definition) is 3. The fraction of sp³-hybridized carbons (Fsp3) is 0.385. The molecular formula is C26H31F3N6. The molecule has 0 saturated carbocycles. The molecule has 186 valence electrons. The number of hydrogen-bond acceptors (Lipinski definition) is 5. The largest absolute Gasteiger partial charge is 0.416 e. The first-order valence-corrected chi connectivity index (χ1v) is 11.8. The highest BCUT2D eigenvalue weighted by molar-refractivity contribution is 6.13. The zero-order chi connectivity index (χ0) is 25.0. The van der Waals surface area contributed by atoms with Crippen molar-refractivity contribution in [3.63, 3.8) is 0 Å². The molecule has 2 aliphatic rings. The van der Waals surface area contributed by atoms with Crippen molar-refractivity contribution in [2.45, 2.75) is 32.2 Å². The smallest absolute Gasteiger partial charge is 0.362 e. The zero-order valence-corrected chi connectivity index (χ0v) is 20.2. The van der Waals surface area contributed by atoms with Crippen LogP contribution in [0.5, 0.6) is 0 Å². The molecule has 1 saturated heterocycles. The summed E-state index contributed by atoms with van der Waals surface area (Å²) in [4.78, 5) is 11.5. The molecule has 35 heavy (non-hydrogen) atoms. The Morgan fingerprint density at radius 3 is 2.63 bits per heavy atom. The SMILES string of the molecule is CCN=C(NC1=NC(c2ccccc2C(F)(F)F)NC(C2CNCCN2C)=C1)c1ccccc1C. The molecule has 9 heteroatoms. The third-order valence-electron chi connectivity index (χ3n) is 6.26. The molecule has 1 fully saturated rings. The van der Waals surface area contributed by atoms with E-state index in [-0.39, 0.29) is 11.6 Å². The van der Waals surface area contributed by atoms with Crippen LogP contribution >= 0.6 is 0 Å². The van der Waals surface area contributed by atoms with Crippen molar-refractivity contribution < 1.29 is 13.2 Å². The van der Waals surface area contributed by atoms with Crippen LogP contribution in [0.4, 0.5) is 13.2 Å². The van der Waals surface area contributed by atoms with Crippen molar-refractivity contribution in [2.24, 2.45) is 9.98 Å². The van der Waals surface area contributed by atoms with E-state index in [1.807, 2.05) is 51.2 Å². The molecular weight excluding hydrogens is 453 g/mol. The van der Waals surface area contributed by atoms with E-state index >= 15 is 0 Å². The summed E-state index contributed by atoms with van der Waals surface area (Å²) in [5.74, 6) is 1.11. The summed E-state index contributed by atoms with van der Waals surface area (Å²) in [5, 5.41) is 9.98. The van der Waals surface area contributed by atoms with Crippen LogP contribution in [-0.4, -0.2) is 55.8 Å². The fourth-order valence-corrected chi connectivity index (χ4v) is 4.42. The molecule has 2 aromatic rings. The van der Waals surface area contributed by atoms with E-state index < -0.39 is 17.9 Å². The number of benzene rings is 2. The van der Waals surface area contributed by atoms with E-state index in [2.05, 4.69) is 30.8 Å². The van der Waals surface area contributed by atoms with E-state index in [1.165, 1.54) is 12.1 Å². The number of alkyl halides is 3. The van der Waals surface area contributed by atoms with Crippen LogP contribution in [0.3, 0.4) is 0 Å². The molecule has 0 spiro atoms. The van der Waals surface area contributed by atoms with Gasteiger partial charge in [-0.2, -0.15) is 13.2 Å². The van der Waals surface area contributed by atoms with Gasteiger partial charge in [0.25, 0.3) is 0 Å². The molecule has 0 radical (unpaired) electrons. The van der Waals surface area contributed by atoms with E-state index in [9.17, 15) is 13.2 Å². The molecule has 2 atom stereocenters. The van der Waals surface area contributed by atoms with Crippen LogP contribution in [0.15, 0.2) is 70.3 Å². The van der Waals surface area contributed by atoms with Gasteiger partial charge in [-0.1, -0.05) is 42.5 Å². The van der Waals surface area contributed by atoms with Gasteiger partial charge in [-0.05, 0) is 32.5 Å². The van der Waals surface area contributed by atoms with Crippen LogP contribution in [0.2, 0.25) is 0 Å². The Balaban J connectivity index is 1.76. The molecule has 2 aliphatic heterocycles. The Hall–Kier alpha value is -3.17. The molecule has 0 bridgehead atoms. The maximum atomic E-state index is 13.8. The van der Waals surface area contributed by atoms with E-state index in [0.717, 1.165) is 36.0 Å². The van der Waals surface area contributed by atoms with Crippen LogP contribution in [0, 0.1) is 6.92 Å². The van der Waals surface area contributed by atoms with Gasteiger partial charge in [-0.25, -0.2) is 4.99 Å². The van der Waals surface area contributed by atoms with Gasteiger partial charge in [-0.15, -0.1) is 0 Å². The van der Waals surface area contributed by atoms with Crippen molar-refractivity contribution in [1.82, 2.24) is 20.9 Å². The highest BCUT2D eigenvalue weighted by Gasteiger charge is 2.36. The summed E-state index contributed by atoms with van der Waals surface area (Å²) in [6.07, 6.45) is -3.50. The summed E-state index contributed by atoms with van der Waals surface area (Å²) in [6.45, 7) is 6.87. The van der Waals surface area contributed by atoms with Gasteiger partial charge in [0.15, 0.2) is 0 Å². The van der Waals surface area contributed by atoms with Gasteiger partial charge in [0.1, 0.15) is 17.8 Å². The van der Waals surface area contributed by atoms with E-state index in [4.69, 9.17) is 0 Å². The van der Waals surface area contributed by atoms with Crippen molar-refractivity contribution in [2.75, 3.05) is 33.2 Å². The number of piperazine rings is 1. The number of aryl methyl sites for hydroxylation is 1. The van der Waals surface area contributed by atoms with E-state index in [0.29, 0.717) is 24.8 Å². The molecule has 2 unspecified atom stereocenters. The number of amidine groups is 2. The van der Waals surface area contributed by atoms with Crippen LogP contribution < -0.4 is 16.0 Å². The Labute approximate surface area is 204 Å². The Kier molecular flexibility index (Phi) is 7.57. The lowest BCUT2D eigenvalue weighted by Gasteiger charge is -2.38. The van der Waals surface area contributed by atoms with Crippen molar-refractivity contribution >= 4 is 11.7 Å². The predicted octanol–water partition coefficient (Wildman–Crippen LogP) is 3.86. The molecule has 2 aromatic carbocycles. The normalized spacial score (nSPS) is 21.7. The summed E-state index contributed by atoms with van der Waals surface area (Å²) in [5.41, 5.74) is 2.16. The Morgan fingerprint density at radius 1 is 1.17 bits per heavy atom. The van der Waals surface area contributed by atoms with Gasteiger partial charge in [-0.3, -0.25) is 9.89 Å². The molecule has 3 N–H and O–H groups in total. The van der Waals surface area contributed by atoms with Crippen LogP contribution in [-0.2, 0) is 6.18 Å². The van der Waals surface area contributed by atoms with Crippen LogP contribution in [0.25, 0.3) is 0 Å². The summed E-state index contributed by atoms with van der Waals surface area (Å²) >= 11 is 0. The van der Waals surface area contributed by atoms with E-state index in [1.54, 1.807) is 6.07 Å². The van der Waals surface area contributed by atoms with Gasteiger partial charge in [0, 0.05) is 49.1 Å². The molecule has 6 nitrogen and oxygen atoms in total. The second-order valence-corrected chi connectivity index (χ2v) is 8.71. The minimum absolute atomic E-state index is 0.0263. The molecule has 0 aromatic heterocycles. The first-order chi connectivity index (χ1) is 16.8. The second kappa shape index (κ2) is 10.6. The fourth-order valence-electron chi connectivity index (χ4n) is 4.42. The zero-order valence-electron chi connectivity index (χ0n) is 20.2. The van der Waals surface area contributed by atoms with Crippen molar-refractivity contribution in [3.05, 3.63) is 82.6 Å². The number of nitrogens with one attached hydrogen (secondary N) is 3. The molecule has 0 amide bonds. The minimum atomic E-state index is -4.48. The van der Waals surface area contributed by atoms with Gasteiger partial charge < -0.3 is 16.0 Å². The summed E-state index contributed by atoms with van der Waals surface area (Å²) in [6, 6.07) is 13.4. The number of rotatable bonds is 4. The molecule has 2 heterocycles. The van der Waals surface area contributed by atoms with Gasteiger partial charge in [0.2, 0.25) is 0 Å². The first kappa shape index (κ1) is 24.9. The third-order valence-corrected chi connectivity index (χ3v) is 6.26. The summed E-state index contributed by atoms with van der Waals surface area (Å²) < 4.78 is 41.5. The average molecular weight is 485 g/mol. The predicted molar refractivity (Wildman–Crippen MR) is 134 cm³/mol. The number of aliphatic imine (C=N–C) groups is 2. The lowest BCUT2D eigenvalue weighted by Crippen LogP contribution is -2.53. The number of likely N-dealkylation sites (N-methyl/N-ethyl adjacent to an activating group) is 1. The molecule has 0 aliphatic carbocycles. The maximum Gasteiger partial charge on any atom is 0.416 e. The van der Waals surface area contributed by atoms with Gasteiger partial charge in [0.05, 0.1) is 11.6 Å². The monoisotopic (exact) mass is 484 g/mol. The minimum Gasteiger partial charge on any atom is -0.362 e. The lowest BCUT2D eigenvalue weighted by molar-refractivity contribution is -0.138. The van der Waals surface area contributed by atoms with Crippen LogP contribution in [0.1, 0.15) is 35.3 Å². The Bertz CT molecular complexity index is 1140. The average Bonchev–Trinajstić information content (AvgIpc) is 2.84. The number of halogens is 3.